The van der Waals surface area contributed by atoms with E-state index in [1.165, 1.54) is 30.6 Å². The number of anilines is 1. The van der Waals surface area contributed by atoms with Crippen molar-refractivity contribution in [3.8, 4) is 0 Å². The lowest BCUT2D eigenvalue weighted by Crippen LogP contribution is -2.43. The van der Waals surface area contributed by atoms with Crippen molar-refractivity contribution in [2.75, 3.05) is 11.4 Å². The number of rotatable bonds is 3. The molecule has 0 amide bonds. The summed E-state index contributed by atoms with van der Waals surface area (Å²) < 4.78 is 0. The number of hydrogen-bond donors (Lipinski definition) is 1. The molecule has 18 heavy (non-hydrogen) atoms. The molecule has 1 saturated heterocycles. The Morgan fingerprint density at radius 2 is 2.06 bits per heavy atom. The molecule has 3 atom stereocenters. The Morgan fingerprint density at radius 1 is 1.33 bits per heavy atom. The molecule has 0 bridgehead atoms. The maximum atomic E-state index is 6.26. The van der Waals surface area contributed by atoms with Crippen LogP contribution in [0, 0.1) is 5.92 Å². The molecule has 1 fully saturated rings. The van der Waals surface area contributed by atoms with Crippen LogP contribution in [0.1, 0.15) is 51.6 Å². The highest BCUT2D eigenvalue weighted by atomic mass is 15.2. The highest BCUT2D eigenvalue weighted by Gasteiger charge is 2.26. The number of piperidine rings is 1. The second-order valence-corrected chi connectivity index (χ2v) is 5.63. The number of benzene rings is 1. The number of nitrogens with zero attached hydrogens (tertiary/aromatic N) is 1. The van der Waals surface area contributed by atoms with Gasteiger partial charge in [0.15, 0.2) is 0 Å². The predicted molar refractivity (Wildman–Crippen MR) is 78.9 cm³/mol. The second kappa shape index (κ2) is 5.75. The maximum Gasteiger partial charge on any atom is 0.0417 e. The van der Waals surface area contributed by atoms with Gasteiger partial charge in [0.25, 0.3) is 0 Å². The van der Waals surface area contributed by atoms with Gasteiger partial charge in [-0.05, 0) is 43.7 Å². The molecule has 1 heterocycles. The molecule has 0 spiro atoms. The zero-order chi connectivity index (χ0) is 13.1. The maximum absolute atomic E-state index is 6.26. The van der Waals surface area contributed by atoms with Gasteiger partial charge in [-0.25, -0.2) is 0 Å². The van der Waals surface area contributed by atoms with Gasteiger partial charge in [0.2, 0.25) is 0 Å². The summed E-state index contributed by atoms with van der Waals surface area (Å²) in [4.78, 5) is 2.55. The molecule has 1 aliphatic rings. The molecule has 1 aromatic rings. The highest BCUT2D eigenvalue weighted by molar-refractivity contribution is 5.56. The van der Waals surface area contributed by atoms with E-state index < -0.39 is 0 Å². The van der Waals surface area contributed by atoms with Crippen LogP contribution in [0.4, 0.5) is 5.69 Å². The van der Waals surface area contributed by atoms with E-state index in [9.17, 15) is 0 Å². The van der Waals surface area contributed by atoms with Crippen LogP contribution in [0.5, 0.6) is 0 Å². The molecule has 3 unspecified atom stereocenters. The van der Waals surface area contributed by atoms with Crippen LogP contribution in [0.15, 0.2) is 24.3 Å². The summed E-state index contributed by atoms with van der Waals surface area (Å²) in [6.07, 6.45) is 3.63. The Labute approximate surface area is 111 Å². The Bertz CT molecular complexity index is 388. The molecule has 1 aromatic carbocycles. The molecule has 0 saturated carbocycles. The summed E-state index contributed by atoms with van der Waals surface area (Å²) in [7, 11) is 0. The second-order valence-electron chi connectivity index (χ2n) is 5.63. The first-order valence-corrected chi connectivity index (χ1v) is 7.26. The lowest BCUT2D eigenvalue weighted by Gasteiger charge is -2.41. The average Bonchev–Trinajstić information content (AvgIpc) is 2.41. The molecule has 0 aliphatic carbocycles. The highest BCUT2D eigenvalue weighted by Crippen LogP contribution is 2.33. The largest absolute Gasteiger partial charge is 0.368 e. The number of hydrogen-bond acceptors (Lipinski definition) is 2. The third-order valence-corrected chi connectivity index (χ3v) is 4.46. The van der Waals surface area contributed by atoms with Gasteiger partial charge in [0, 0.05) is 24.3 Å². The van der Waals surface area contributed by atoms with Crippen molar-refractivity contribution in [1.29, 1.82) is 0 Å². The van der Waals surface area contributed by atoms with Crippen molar-refractivity contribution in [2.45, 2.75) is 52.1 Å². The lowest BCUT2D eigenvalue weighted by atomic mass is 9.90. The van der Waals surface area contributed by atoms with E-state index in [0.717, 1.165) is 12.3 Å². The molecule has 0 aromatic heterocycles. The van der Waals surface area contributed by atoms with Gasteiger partial charge in [-0.15, -0.1) is 0 Å². The molecule has 1 aliphatic heterocycles. The van der Waals surface area contributed by atoms with E-state index in [1.54, 1.807) is 0 Å². The third kappa shape index (κ3) is 2.54. The Balaban J connectivity index is 2.32. The number of nitrogens with two attached hydrogens (primary N) is 1. The van der Waals surface area contributed by atoms with Crippen molar-refractivity contribution in [2.24, 2.45) is 11.7 Å². The molecule has 2 nitrogen and oxygen atoms in total. The van der Waals surface area contributed by atoms with Gasteiger partial charge in [0.1, 0.15) is 0 Å². The van der Waals surface area contributed by atoms with Gasteiger partial charge in [-0.3, -0.25) is 0 Å². The normalized spacial score (nSPS) is 26.1. The van der Waals surface area contributed by atoms with E-state index in [2.05, 4.69) is 49.9 Å². The van der Waals surface area contributed by atoms with E-state index in [4.69, 9.17) is 5.73 Å². The van der Waals surface area contributed by atoms with E-state index in [-0.39, 0.29) is 6.04 Å². The van der Waals surface area contributed by atoms with E-state index in [0.29, 0.717) is 6.04 Å². The van der Waals surface area contributed by atoms with Crippen LogP contribution in [0.3, 0.4) is 0 Å². The summed E-state index contributed by atoms with van der Waals surface area (Å²) >= 11 is 0. The van der Waals surface area contributed by atoms with Gasteiger partial charge in [-0.1, -0.05) is 32.0 Å². The molecular formula is C16H26N2. The van der Waals surface area contributed by atoms with E-state index >= 15 is 0 Å². The van der Waals surface area contributed by atoms with Gasteiger partial charge >= 0.3 is 0 Å². The zero-order valence-electron chi connectivity index (χ0n) is 11.9. The average molecular weight is 246 g/mol. The predicted octanol–water partition coefficient (Wildman–Crippen LogP) is 3.72. The van der Waals surface area contributed by atoms with E-state index in [1.807, 2.05) is 0 Å². The molecular weight excluding hydrogens is 220 g/mol. The standard InChI is InChI=1S/C16H26N2/c1-4-15(17)14-9-5-6-10-16(14)18-11-7-8-12(2)13(18)3/h5-6,9-10,12-13,15H,4,7-8,11,17H2,1-3H3. The topological polar surface area (TPSA) is 29.3 Å². The first-order chi connectivity index (χ1) is 8.65. The molecule has 2 heteroatoms. The molecule has 0 radical (unpaired) electrons. The van der Waals surface area contributed by atoms with Crippen LogP contribution >= 0.6 is 0 Å². The van der Waals surface area contributed by atoms with Gasteiger partial charge in [-0.2, -0.15) is 0 Å². The van der Waals surface area contributed by atoms with Crippen molar-refractivity contribution in [1.82, 2.24) is 0 Å². The lowest BCUT2D eigenvalue weighted by molar-refractivity contribution is 0.362. The summed E-state index contributed by atoms with van der Waals surface area (Å²) in [6, 6.07) is 9.43. The molecule has 2 rings (SSSR count). The quantitative estimate of drug-likeness (QED) is 0.880. The monoisotopic (exact) mass is 246 g/mol. The third-order valence-electron chi connectivity index (χ3n) is 4.46. The van der Waals surface area contributed by atoms with Crippen LogP contribution < -0.4 is 10.6 Å². The first-order valence-electron chi connectivity index (χ1n) is 7.26. The van der Waals surface area contributed by atoms with Crippen molar-refractivity contribution >= 4 is 5.69 Å². The summed E-state index contributed by atoms with van der Waals surface area (Å²) in [5.41, 5.74) is 8.91. The Kier molecular flexibility index (Phi) is 4.28. The van der Waals surface area contributed by atoms with Crippen molar-refractivity contribution < 1.29 is 0 Å². The first kappa shape index (κ1) is 13.4. The smallest absolute Gasteiger partial charge is 0.0417 e. The van der Waals surface area contributed by atoms with Gasteiger partial charge < -0.3 is 10.6 Å². The summed E-state index contributed by atoms with van der Waals surface area (Å²) in [5.74, 6) is 0.768. The SMILES string of the molecule is CCC(N)c1ccccc1N1CCCC(C)C1C. The fourth-order valence-corrected chi connectivity index (χ4v) is 2.96. The molecule has 2 N–H and O–H groups in total. The summed E-state index contributed by atoms with van der Waals surface area (Å²) in [5, 5.41) is 0. The van der Waals surface area contributed by atoms with Crippen LogP contribution in [-0.4, -0.2) is 12.6 Å². The Morgan fingerprint density at radius 3 is 2.78 bits per heavy atom. The van der Waals surface area contributed by atoms with Crippen LogP contribution in [0.25, 0.3) is 0 Å². The van der Waals surface area contributed by atoms with Crippen LogP contribution in [0.2, 0.25) is 0 Å². The minimum Gasteiger partial charge on any atom is -0.368 e. The Hall–Kier alpha value is -1.02. The fourth-order valence-electron chi connectivity index (χ4n) is 2.96. The number of para-hydroxylation sites is 1. The van der Waals surface area contributed by atoms with Crippen molar-refractivity contribution in [3.05, 3.63) is 29.8 Å². The minimum absolute atomic E-state index is 0.158. The van der Waals surface area contributed by atoms with Crippen LogP contribution in [-0.2, 0) is 0 Å². The zero-order valence-corrected chi connectivity index (χ0v) is 11.9. The fraction of sp³-hybridized carbons (Fsp3) is 0.625. The van der Waals surface area contributed by atoms with Crippen molar-refractivity contribution in [3.63, 3.8) is 0 Å². The minimum atomic E-state index is 0.158. The molecule has 100 valence electrons. The summed E-state index contributed by atoms with van der Waals surface area (Å²) in [6.45, 7) is 8.03. The van der Waals surface area contributed by atoms with Gasteiger partial charge in [0.05, 0.1) is 0 Å².